The van der Waals surface area contributed by atoms with Gasteiger partial charge in [0.1, 0.15) is 5.82 Å². The Kier molecular flexibility index (Phi) is 3.90. The van der Waals surface area contributed by atoms with Gasteiger partial charge >= 0.3 is 0 Å². The highest BCUT2D eigenvalue weighted by molar-refractivity contribution is 5.59. The van der Waals surface area contributed by atoms with Crippen LogP contribution in [0.3, 0.4) is 0 Å². The van der Waals surface area contributed by atoms with Crippen molar-refractivity contribution in [3.63, 3.8) is 0 Å². The number of benzene rings is 1. The van der Waals surface area contributed by atoms with E-state index < -0.39 is 11.7 Å². The molecule has 0 amide bonds. The quantitative estimate of drug-likeness (QED) is 0.720. The summed E-state index contributed by atoms with van der Waals surface area (Å²) in [4.78, 5) is 3.79. The molecule has 0 N–H and O–H groups in total. The number of pyridine rings is 1. The van der Waals surface area contributed by atoms with Crippen molar-refractivity contribution in [2.75, 3.05) is 0 Å². The minimum atomic E-state index is -2.86. The molecule has 0 aliphatic rings. The highest BCUT2D eigenvalue weighted by Gasteiger charge is 2.23. The van der Waals surface area contributed by atoms with Gasteiger partial charge in [0, 0.05) is 30.4 Å². The summed E-state index contributed by atoms with van der Waals surface area (Å²) < 4.78 is 41.2. The Hall–Kier alpha value is -2.63. The van der Waals surface area contributed by atoms with Gasteiger partial charge in [-0.05, 0) is 17.7 Å². The number of nitrogens with zero attached hydrogens (tertiary/aromatic N) is 3. The molecule has 0 spiro atoms. The van der Waals surface area contributed by atoms with Crippen LogP contribution in [0.1, 0.15) is 18.1 Å². The fraction of sp³-hybridized carbons (Fsp3) is 0.176. The Labute approximate surface area is 131 Å². The molecular formula is C17H14F3N3. The van der Waals surface area contributed by atoms with E-state index in [1.165, 1.54) is 18.2 Å². The lowest BCUT2D eigenvalue weighted by Gasteiger charge is -2.10. The van der Waals surface area contributed by atoms with E-state index >= 15 is 0 Å². The van der Waals surface area contributed by atoms with Gasteiger partial charge in [0.05, 0.1) is 18.4 Å². The van der Waals surface area contributed by atoms with Crippen LogP contribution in [0.15, 0.2) is 55.0 Å². The van der Waals surface area contributed by atoms with Gasteiger partial charge in [-0.2, -0.15) is 5.10 Å². The van der Waals surface area contributed by atoms with E-state index in [1.54, 1.807) is 35.3 Å². The third-order valence-electron chi connectivity index (χ3n) is 3.43. The summed E-state index contributed by atoms with van der Waals surface area (Å²) in [6.45, 7) is 1.25. The lowest BCUT2D eigenvalue weighted by molar-refractivity contribution is 0.0175. The van der Waals surface area contributed by atoms with Gasteiger partial charge in [-0.1, -0.05) is 24.3 Å². The molecule has 3 nitrogen and oxygen atoms in total. The van der Waals surface area contributed by atoms with Crippen molar-refractivity contribution < 1.29 is 13.2 Å². The fourth-order valence-corrected chi connectivity index (χ4v) is 2.27. The maximum absolute atomic E-state index is 13.2. The summed E-state index contributed by atoms with van der Waals surface area (Å²) in [5.41, 5.74) is 2.07. The maximum Gasteiger partial charge on any atom is 0.270 e. The standard InChI is InChI=1S/C17H14F3N3/c1-17(19,20)14-4-2-13(3-5-14)16-6-7-23(22-16)11-12-8-15(18)10-21-9-12/h2-10H,11H2,1H3. The number of rotatable bonds is 4. The van der Waals surface area contributed by atoms with Crippen LogP contribution in [-0.4, -0.2) is 14.8 Å². The molecule has 0 saturated heterocycles. The van der Waals surface area contributed by atoms with E-state index in [2.05, 4.69) is 10.1 Å². The van der Waals surface area contributed by atoms with Gasteiger partial charge < -0.3 is 0 Å². The lowest BCUT2D eigenvalue weighted by atomic mass is 10.1. The van der Waals surface area contributed by atoms with Crippen LogP contribution < -0.4 is 0 Å². The molecule has 23 heavy (non-hydrogen) atoms. The third kappa shape index (κ3) is 3.59. The molecule has 0 aliphatic carbocycles. The average Bonchev–Trinajstić information content (AvgIpc) is 2.95. The summed E-state index contributed by atoms with van der Waals surface area (Å²) >= 11 is 0. The molecule has 0 aliphatic heterocycles. The van der Waals surface area contributed by atoms with Crippen molar-refractivity contribution in [3.05, 3.63) is 71.9 Å². The van der Waals surface area contributed by atoms with Crippen LogP contribution in [0.25, 0.3) is 11.3 Å². The first-order valence-electron chi connectivity index (χ1n) is 7.03. The molecule has 0 atom stereocenters. The fourth-order valence-electron chi connectivity index (χ4n) is 2.27. The molecule has 0 unspecified atom stereocenters. The predicted octanol–water partition coefficient (Wildman–Crippen LogP) is 4.24. The molecule has 2 aromatic heterocycles. The Morgan fingerprint density at radius 2 is 1.83 bits per heavy atom. The molecule has 6 heteroatoms. The Balaban J connectivity index is 1.79. The minimum Gasteiger partial charge on any atom is -0.268 e. The second-order valence-electron chi connectivity index (χ2n) is 5.38. The molecule has 0 bridgehead atoms. The van der Waals surface area contributed by atoms with Crippen molar-refractivity contribution in [1.82, 2.24) is 14.8 Å². The summed E-state index contributed by atoms with van der Waals surface area (Å²) in [5, 5.41) is 4.38. The Bertz CT molecular complexity index is 804. The summed E-state index contributed by atoms with van der Waals surface area (Å²) in [6, 6.07) is 9.19. The predicted molar refractivity (Wildman–Crippen MR) is 80.5 cm³/mol. The van der Waals surface area contributed by atoms with Crippen molar-refractivity contribution in [3.8, 4) is 11.3 Å². The smallest absolute Gasteiger partial charge is 0.268 e. The van der Waals surface area contributed by atoms with Crippen LogP contribution >= 0.6 is 0 Å². The zero-order valence-corrected chi connectivity index (χ0v) is 12.4. The van der Waals surface area contributed by atoms with E-state index in [-0.39, 0.29) is 5.56 Å². The van der Waals surface area contributed by atoms with Crippen molar-refractivity contribution >= 4 is 0 Å². The van der Waals surface area contributed by atoms with E-state index in [0.29, 0.717) is 17.8 Å². The first kappa shape index (κ1) is 15.3. The van der Waals surface area contributed by atoms with E-state index in [4.69, 9.17) is 0 Å². The lowest BCUT2D eigenvalue weighted by Crippen LogP contribution is -2.06. The Morgan fingerprint density at radius 3 is 2.48 bits per heavy atom. The van der Waals surface area contributed by atoms with Crippen molar-refractivity contribution in [2.45, 2.75) is 19.4 Å². The van der Waals surface area contributed by atoms with Crippen LogP contribution in [0.2, 0.25) is 0 Å². The largest absolute Gasteiger partial charge is 0.270 e. The second-order valence-corrected chi connectivity index (χ2v) is 5.38. The minimum absolute atomic E-state index is 0.0356. The van der Waals surface area contributed by atoms with Crippen molar-refractivity contribution in [2.24, 2.45) is 0 Å². The van der Waals surface area contributed by atoms with Crippen LogP contribution in [0, 0.1) is 5.82 Å². The van der Waals surface area contributed by atoms with Gasteiger partial charge in [-0.3, -0.25) is 9.67 Å². The van der Waals surface area contributed by atoms with Crippen molar-refractivity contribution in [1.29, 1.82) is 0 Å². The zero-order valence-electron chi connectivity index (χ0n) is 12.4. The number of hydrogen-bond acceptors (Lipinski definition) is 2. The normalized spacial score (nSPS) is 11.7. The average molecular weight is 317 g/mol. The summed E-state index contributed by atoms with van der Waals surface area (Å²) in [6.07, 6.45) is 4.47. The molecule has 3 rings (SSSR count). The molecular weight excluding hydrogens is 303 g/mol. The molecule has 0 fully saturated rings. The molecule has 0 radical (unpaired) electrons. The van der Waals surface area contributed by atoms with Crippen LogP contribution in [-0.2, 0) is 12.5 Å². The molecule has 1 aromatic carbocycles. The molecule has 2 heterocycles. The van der Waals surface area contributed by atoms with Gasteiger partial charge in [0.2, 0.25) is 0 Å². The van der Waals surface area contributed by atoms with E-state index in [9.17, 15) is 13.2 Å². The second kappa shape index (κ2) is 5.87. The summed E-state index contributed by atoms with van der Waals surface area (Å²) in [5.74, 6) is -3.26. The summed E-state index contributed by atoms with van der Waals surface area (Å²) in [7, 11) is 0. The number of hydrogen-bond donors (Lipinski definition) is 0. The van der Waals surface area contributed by atoms with Gasteiger partial charge in [-0.25, -0.2) is 13.2 Å². The van der Waals surface area contributed by atoms with E-state index in [1.807, 2.05) is 0 Å². The monoisotopic (exact) mass is 317 g/mol. The van der Waals surface area contributed by atoms with E-state index in [0.717, 1.165) is 18.7 Å². The molecule has 0 saturated carbocycles. The number of alkyl halides is 2. The SMILES string of the molecule is CC(F)(F)c1ccc(-c2ccn(Cc3cncc(F)c3)n2)cc1. The Morgan fingerprint density at radius 1 is 1.09 bits per heavy atom. The first-order valence-corrected chi connectivity index (χ1v) is 7.03. The van der Waals surface area contributed by atoms with Crippen LogP contribution in [0.5, 0.6) is 0 Å². The first-order chi connectivity index (χ1) is 10.9. The molecule has 3 aromatic rings. The highest BCUT2D eigenvalue weighted by Crippen LogP contribution is 2.28. The zero-order chi connectivity index (χ0) is 16.4. The van der Waals surface area contributed by atoms with Gasteiger partial charge in [0.25, 0.3) is 5.92 Å². The number of halogens is 3. The highest BCUT2D eigenvalue weighted by atomic mass is 19.3. The number of aromatic nitrogens is 3. The van der Waals surface area contributed by atoms with Gasteiger partial charge in [-0.15, -0.1) is 0 Å². The molecule has 118 valence electrons. The topological polar surface area (TPSA) is 30.7 Å². The maximum atomic E-state index is 13.2. The van der Waals surface area contributed by atoms with Crippen LogP contribution in [0.4, 0.5) is 13.2 Å². The third-order valence-corrected chi connectivity index (χ3v) is 3.43. The van der Waals surface area contributed by atoms with Gasteiger partial charge in [0.15, 0.2) is 0 Å².